The Kier molecular flexibility index (Phi) is 7.01. The number of halogens is 1. The van der Waals surface area contributed by atoms with Gasteiger partial charge >= 0.3 is 6.03 Å². The molecule has 0 heterocycles. The molecule has 0 saturated heterocycles. The third kappa shape index (κ3) is 6.88. The molecule has 2 aromatic rings. The average molecular weight is 425 g/mol. The van der Waals surface area contributed by atoms with Crippen LogP contribution in [-0.2, 0) is 22.8 Å². The van der Waals surface area contributed by atoms with Crippen molar-refractivity contribution in [1.82, 2.24) is 10.6 Å². The maximum absolute atomic E-state index is 11.8. The van der Waals surface area contributed by atoms with Crippen LogP contribution in [0.25, 0.3) is 0 Å². The van der Waals surface area contributed by atoms with E-state index in [4.69, 9.17) is 0 Å². The van der Waals surface area contributed by atoms with Crippen LogP contribution in [0.2, 0.25) is 0 Å². The predicted molar refractivity (Wildman–Crippen MR) is 102 cm³/mol. The summed E-state index contributed by atoms with van der Waals surface area (Å²) in [7, 11) is -3.19. The summed E-state index contributed by atoms with van der Waals surface area (Å²) >= 11 is 3.44. The molecular weight excluding hydrogens is 404 g/mol. The number of benzene rings is 2. The Morgan fingerprint density at radius 1 is 1.04 bits per heavy atom. The number of hydrogen-bond donors (Lipinski definition) is 2. The number of sulfone groups is 1. The molecule has 0 unspecified atom stereocenters. The van der Waals surface area contributed by atoms with Gasteiger partial charge in [-0.3, -0.25) is 0 Å². The number of aryl methyl sites for hydroxylation is 1. The van der Waals surface area contributed by atoms with Crippen LogP contribution in [0.5, 0.6) is 0 Å². The van der Waals surface area contributed by atoms with Crippen molar-refractivity contribution >= 4 is 31.8 Å². The van der Waals surface area contributed by atoms with Gasteiger partial charge in [0.15, 0.2) is 9.84 Å². The van der Waals surface area contributed by atoms with E-state index in [0.717, 1.165) is 22.9 Å². The molecule has 0 aliphatic heterocycles. The van der Waals surface area contributed by atoms with Crippen LogP contribution in [0.3, 0.4) is 0 Å². The standard InChI is InChI=1S/C18H21BrN2O3S/c1-25(23,24)17-9-7-15(8-10-17)13-21-18(22)20-11-3-5-14-4-2-6-16(19)12-14/h2,4,6-10,12H,3,5,11,13H2,1H3,(H2,20,21,22). The molecule has 0 aliphatic carbocycles. The van der Waals surface area contributed by atoms with Crippen LogP contribution >= 0.6 is 15.9 Å². The van der Waals surface area contributed by atoms with E-state index < -0.39 is 9.84 Å². The summed E-state index contributed by atoms with van der Waals surface area (Å²) in [4.78, 5) is 12.1. The highest BCUT2D eigenvalue weighted by atomic mass is 79.9. The molecule has 0 aromatic heterocycles. The zero-order chi connectivity index (χ0) is 18.3. The fourth-order valence-corrected chi connectivity index (χ4v) is 3.36. The fourth-order valence-electron chi connectivity index (χ4n) is 2.29. The first kappa shape index (κ1) is 19.5. The second kappa shape index (κ2) is 9.01. The van der Waals surface area contributed by atoms with E-state index in [1.165, 1.54) is 11.8 Å². The van der Waals surface area contributed by atoms with Gasteiger partial charge in [0.05, 0.1) is 4.90 Å². The van der Waals surface area contributed by atoms with E-state index in [9.17, 15) is 13.2 Å². The Morgan fingerprint density at radius 2 is 1.76 bits per heavy atom. The van der Waals surface area contributed by atoms with E-state index >= 15 is 0 Å². The first-order chi connectivity index (χ1) is 11.8. The third-order valence-corrected chi connectivity index (χ3v) is 5.24. The zero-order valence-corrected chi connectivity index (χ0v) is 16.4. The van der Waals surface area contributed by atoms with Crippen molar-refractivity contribution in [2.75, 3.05) is 12.8 Å². The van der Waals surface area contributed by atoms with Crippen LogP contribution in [0.4, 0.5) is 4.79 Å². The van der Waals surface area contributed by atoms with E-state index in [-0.39, 0.29) is 10.9 Å². The van der Waals surface area contributed by atoms with Gasteiger partial charge in [-0.1, -0.05) is 40.2 Å². The molecule has 0 atom stereocenters. The molecule has 0 saturated carbocycles. The van der Waals surface area contributed by atoms with Gasteiger partial charge in [0, 0.05) is 23.8 Å². The van der Waals surface area contributed by atoms with Crippen molar-refractivity contribution in [2.45, 2.75) is 24.3 Å². The second-order valence-electron chi connectivity index (χ2n) is 5.76. The maximum Gasteiger partial charge on any atom is 0.315 e. The molecule has 134 valence electrons. The Balaban J connectivity index is 1.68. The molecule has 0 radical (unpaired) electrons. The number of carbonyl (C=O) groups is 1. The highest BCUT2D eigenvalue weighted by Gasteiger charge is 2.06. The lowest BCUT2D eigenvalue weighted by Gasteiger charge is -2.08. The summed E-state index contributed by atoms with van der Waals surface area (Å²) in [6, 6.07) is 14.4. The summed E-state index contributed by atoms with van der Waals surface area (Å²) in [5, 5.41) is 5.57. The van der Waals surface area contributed by atoms with Gasteiger partial charge in [0.25, 0.3) is 0 Å². The second-order valence-corrected chi connectivity index (χ2v) is 8.69. The Bertz CT molecular complexity index is 820. The van der Waals surface area contributed by atoms with Crippen LogP contribution in [0.1, 0.15) is 17.5 Å². The number of carbonyl (C=O) groups excluding carboxylic acids is 1. The quantitative estimate of drug-likeness (QED) is 0.669. The van der Waals surface area contributed by atoms with Crippen LogP contribution in [0.15, 0.2) is 57.9 Å². The summed E-state index contributed by atoms with van der Waals surface area (Å²) in [6.07, 6.45) is 2.92. The molecule has 0 bridgehead atoms. The summed E-state index contributed by atoms with van der Waals surface area (Å²) in [6.45, 7) is 0.937. The molecule has 25 heavy (non-hydrogen) atoms. The highest BCUT2D eigenvalue weighted by Crippen LogP contribution is 2.13. The fraction of sp³-hybridized carbons (Fsp3) is 0.278. The number of amides is 2. The minimum Gasteiger partial charge on any atom is -0.338 e. The van der Waals surface area contributed by atoms with Gasteiger partial charge in [0.2, 0.25) is 0 Å². The van der Waals surface area contributed by atoms with Crippen molar-refractivity contribution in [1.29, 1.82) is 0 Å². The van der Waals surface area contributed by atoms with Gasteiger partial charge < -0.3 is 10.6 Å². The molecule has 0 aliphatic rings. The van der Waals surface area contributed by atoms with Gasteiger partial charge in [-0.2, -0.15) is 0 Å². The van der Waals surface area contributed by atoms with Gasteiger partial charge in [-0.15, -0.1) is 0 Å². The van der Waals surface area contributed by atoms with Crippen molar-refractivity contribution in [3.05, 3.63) is 64.1 Å². The zero-order valence-electron chi connectivity index (χ0n) is 14.0. The van der Waals surface area contributed by atoms with E-state index in [1.54, 1.807) is 24.3 Å². The molecular formula is C18H21BrN2O3S. The topological polar surface area (TPSA) is 75.3 Å². The summed E-state index contributed by atoms with van der Waals surface area (Å²) < 4.78 is 23.8. The third-order valence-electron chi connectivity index (χ3n) is 3.62. The van der Waals surface area contributed by atoms with Crippen molar-refractivity contribution in [3.63, 3.8) is 0 Å². The van der Waals surface area contributed by atoms with Crippen molar-refractivity contribution in [3.8, 4) is 0 Å². The van der Waals surface area contributed by atoms with E-state index in [2.05, 4.69) is 38.7 Å². The smallest absolute Gasteiger partial charge is 0.315 e. The minimum atomic E-state index is -3.19. The molecule has 2 rings (SSSR count). The highest BCUT2D eigenvalue weighted by molar-refractivity contribution is 9.10. The Hall–Kier alpha value is -1.86. The lowest BCUT2D eigenvalue weighted by atomic mass is 10.1. The van der Waals surface area contributed by atoms with Crippen LogP contribution in [0, 0.1) is 0 Å². The molecule has 7 heteroatoms. The van der Waals surface area contributed by atoms with Crippen LogP contribution < -0.4 is 10.6 Å². The first-order valence-electron chi connectivity index (χ1n) is 7.90. The van der Waals surface area contributed by atoms with Gasteiger partial charge in [-0.25, -0.2) is 13.2 Å². The molecule has 0 fully saturated rings. The van der Waals surface area contributed by atoms with Gasteiger partial charge in [0.1, 0.15) is 0 Å². The van der Waals surface area contributed by atoms with Crippen molar-refractivity contribution < 1.29 is 13.2 Å². The maximum atomic E-state index is 11.8. The number of hydrogen-bond acceptors (Lipinski definition) is 3. The minimum absolute atomic E-state index is 0.235. The lowest BCUT2D eigenvalue weighted by Crippen LogP contribution is -2.35. The number of urea groups is 1. The van der Waals surface area contributed by atoms with Crippen molar-refractivity contribution in [2.24, 2.45) is 0 Å². The molecule has 0 spiro atoms. The molecule has 5 nitrogen and oxygen atoms in total. The van der Waals surface area contributed by atoms with E-state index in [0.29, 0.717) is 13.1 Å². The summed E-state index contributed by atoms with van der Waals surface area (Å²) in [5.74, 6) is 0. The Labute approximate surface area is 156 Å². The average Bonchev–Trinajstić information content (AvgIpc) is 2.56. The van der Waals surface area contributed by atoms with E-state index in [1.807, 2.05) is 12.1 Å². The van der Waals surface area contributed by atoms with Crippen LogP contribution in [-0.4, -0.2) is 27.2 Å². The number of nitrogens with one attached hydrogen (secondary N) is 2. The molecule has 2 aromatic carbocycles. The predicted octanol–water partition coefficient (Wildman–Crippen LogP) is 3.28. The summed E-state index contributed by atoms with van der Waals surface area (Å²) in [5.41, 5.74) is 2.07. The molecule has 2 amide bonds. The monoisotopic (exact) mass is 424 g/mol. The molecule has 2 N–H and O–H groups in total. The van der Waals surface area contributed by atoms with Gasteiger partial charge in [-0.05, 0) is 48.2 Å². The first-order valence-corrected chi connectivity index (χ1v) is 10.6. The normalized spacial score (nSPS) is 11.1. The number of rotatable bonds is 7. The largest absolute Gasteiger partial charge is 0.338 e. The lowest BCUT2D eigenvalue weighted by molar-refractivity contribution is 0.240. The SMILES string of the molecule is CS(=O)(=O)c1ccc(CNC(=O)NCCCc2cccc(Br)c2)cc1. The Morgan fingerprint density at radius 3 is 2.40 bits per heavy atom.